The van der Waals surface area contributed by atoms with E-state index in [-0.39, 0.29) is 0 Å². The lowest BCUT2D eigenvalue weighted by Gasteiger charge is -2.31. The summed E-state index contributed by atoms with van der Waals surface area (Å²) in [6, 6.07) is 10.9. The van der Waals surface area contributed by atoms with Crippen molar-refractivity contribution in [3.05, 3.63) is 35.9 Å². The molecule has 0 bridgehead atoms. The van der Waals surface area contributed by atoms with E-state index >= 15 is 0 Å². The normalized spacial score (nSPS) is 18.8. The summed E-state index contributed by atoms with van der Waals surface area (Å²) in [4.78, 5) is 2.50. The molecule has 0 spiro atoms. The molecule has 0 aromatic heterocycles. The Morgan fingerprint density at radius 1 is 1.19 bits per heavy atom. The Hall–Kier alpha value is -0.860. The summed E-state index contributed by atoms with van der Waals surface area (Å²) in [5.74, 6) is 0.885. The monoisotopic (exact) mass is 218 g/mol. The van der Waals surface area contributed by atoms with Crippen LogP contribution >= 0.6 is 0 Å². The number of nitrogens with one attached hydrogen (secondary N) is 1. The first kappa shape index (κ1) is 11.6. The van der Waals surface area contributed by atoms with Gasteiger partial charge < -0.3 is 5.32 Å². The van der Waals surface area contributed by atoms with Crippen LogP contribution in [-0.4, -0.2) is 31.7 Å². The fourth-order valence-corrected chi connectivity index (χ4v) is 2.52. The van der Waals surface area contributed by atoms with Gasteiger partial charge in [-0.3, -0.25) is 4.90 Å². The van der Waals surface area contributed by atoms with E-state index in [1.165, 1.54) is 37.9 Å². The molecular formula is C14H22N2. The molecule has 2 rings (SSSR count). The second-order valence-corrected chi connectivity index (χ2v) is 4.76. The van der Waals surface area contributed by atoms with Crippen LogP contribution in [0.2, 0.25) is 0 Å². The van der Waals surface area contributed by atoms with E-state index in [1.54, 1.807) is 0 Å². The van der Waals surface area contributed by atoms with Gasteiger partial charge in [-0.15, -0.1) is 0 Å². The molecule has 88 valence electrons. The highest BCUT2D eigenvalue weighted by Crippen LogP contribution is 2.20. The number of piperidine rings is 1. The van der Waals surface area contributed by atoms with Crippen molar-refractivity contribution in [3.8, 4) is 0 Å². The molecule has 1 fully saturated rings. The van der Waals surface area contributed by atoms with E-state index in [4.69, 9.17) is 0 Å². The topological polar surface area (TPSA) is 15.3 Å². The summed E-state index contributed by atoms with van der Waals surface area (Å²) in [6.45, 7) is 3.54. The number of likely N-dealkylation sites (tertiary alicyclic amines) is 1. The molecule has 1 N–H and O–H groups in total. The lowest BCUT2D eigenvalue weighted by molar-refractivity contribution is 0.176. The summed E-state index contributed by atoms with van der Waals surface area (Å²) in [5.41, 5.74) is 1.49. The molecule has 1 heterocycles. The van der Waals surface area contributed by atoms with E-state index in [2.05, 4.69) is 40.5 Å². The molecule has 0 amide bonds. The first-order valence-corrected chi connectivity index (χ1v) is 6.29. The molecule has 2 heteroatoms. The average Bonchev–Trinajstić information content (AvgIpc) is 2.33. The van der Waals surface area contributed by atoms with Gasteiger partial charge in [0, 0.05) is 6.67 Å². The molecule has 0 aliphatic carbocycles. The smallest absolute Gasteiger partial charge is 0.0477 e. The van der Waals surface area contributed by atoms with E-state index in [0.717, 1.165) is 12.6 Å². The zero-order valence-corrected chi connectivity index (χ0v) is 10.2. The highest BCUT2D eigenvalue weighted by molar-refractivity contribution is 5.15. The van der Waals surface area contributed by atoms with Crippen LogP contribution in [-0.2, 0) is 6.42 Å². The second kappa shape index (κ2) is 6.02. The van der Waals surface area contributed by atoms with Gasteiger partial charge in [0.1, 0.15) is 0 Å². The van der Waals surface area contributed by atoms with Gasteiger partial charge in [-0.2, -0.15) is 0 Å². The molecule has 1 aromatic rings. The van der Waals surface area contributed by atoms with Crippen molar-refractivity contribution in [3.63, 3.8) is 0 Å². The summed E-state index contributed by atoms with van der Waals surface area (Å²) in [6.07, 6.45) is 3.95. The summed E-state index contributed by atoms with van der Waals surface area (Å²) in [7, 11) is 2.02. The van der Waals surface area contributed by atoms with Gasteiger partial charge in [-0.05, 0) is 50.9 Å². The molecule has 0 radical (unpaired) electrons. The summed E-state index contributed by atoms with van der Waals surface area (Å²) >= 11 is 0. The van der Waals surface area contributed by atoms with Crippen LogP contribution in [0.15, 0.2) is 30.3 Å². The second-order valence-electron chi connectivity index (χ2n) is 4.76. The van der Waals surface area contributed by atoms with Crippen molar-refractivity contribution in [1.29, 1.82) is 0 Å². The fraction of sp³-hybridized carbons (Fsp3) is 0.571. The minimum absolute atomic E-state index is 0.885. The Kier molecular flexibility index (Phi) is 4.37. The SMILES string of the molecule is CNCN1CCC(Cc2ccccc2)CC1. The highest BCUT2D eigenvalue weighted by Gasteiger charge is 2.18. The Labute approximate surface area is 98.7 Å². The zero-order valence-electron chi connectivity index (χ0n) is 10.2. The van der Waals surface area contributed by atoms with Crippen LogP contribution in [0, 0.1) is 5.92 Å². The minimum Gasteiger partial charge on any atom is -0.307 e. The van der Waals surface area contributed by atoms with Gasteiger partial charge in [-0.1, -0.05) is 30.3 Å². The molecule has 1 saturated heterocycles. The molecule has 16 heavy (non-hydrogen) atoms. The fourth-order valence-electron chi connectivity index (χ4n) is 2.52. The minimum atomic E-state index is 0.885. The molecule has 1 aliphatic heterocycles. The third kappa shape index (κ3) is 3.32. The van der Waals surface area contributed by atoms with Crippen molar-refractivity contribution in [2.45, 2.75) is 19.3 Å². The Morgan fingerprint density at radius 3 is 2.50 bits per heavy atom. The van der Waals surface area contributed by atoms with Crippen molar-refractivity contribution in [2.24, 2.45) is 5.92 Å². The first-order chi connectivity index (χ1) is 7.88. The molecule has 1 aliphatic rings. The zero-order chi connectivity index (χ0) is 11.2. The number of benzene rings is 1. The largest absolute Gasteiger partial charge is 0.307 e. The van der Waals surface area contributed by atoms with Crippen LogP contribution in [0.3, 0.4) is 0 Å². The third-order valence-corrected chi connectivity index (χ3v) is 3.46. The number of hydrogen-bond donors (Lipinski definition) is 1. The van der Waals surface area contributed by atoms with Crippen molar-refractivity contribution in [2.75, 3.05) is 26.8 Å². The molecular weight excluding hydrogens is 196 g/mol. The third-order valence-electron chi connectivity index (χ3n) is 3.46. The first-order valence-electron chi connectivity index (χ1n) is 6.29. The van der Waals surface area contributed by atoms with Gasteiger partial charge in [0.05, 0.1) is 0 Å². The highest BCUT2D eigenvalue weighted by atomic mass is 15.2. The number of nitrogens with zero attached hydrogens (tertiary/aromatic N) is 1. The molecule has 1 aromatic carbocycles. The Morgan fingerprint density at radius 2 is 1.88 bits per heavy atom. The van der Waals surface area contributed by atoms with E-state index in [0.29, 0.717) is 0 Å². The molecule has 0 saturated carbocycles. The van der Waals surface area contributed by atoms with E-state index in [9.17, 15) is 0 Å². The predicted octanol–water partition coefficient (Wildman–Crippen LogP) is 2.12. The van der Waals surface area contributed by atoms with Gasteiger partial charge in [0.25, 0.3) is 0 Å². The number of hydrogen-bond acceptors (Lipinski definition) is 2. The van der Waals surface area contributed by atoms with Crippen LogP contribution in [0.25, 0.3) is 0 Å². The maximum absolute atomic E-state index is 3.23. The maximum atomic E-state index is 3.23. The van der Waals surface area contributed by atoms with Gasteiger partial charge in [0.15, 0.2) is 0 Å². The predicted molar refractivity (Wildman–Crippen MR) is 68.4 cm³/mol. The van der Waals surface area contributed by atoms with Crippen LogP contribution in [0.4, 0.5) is 0 Å². The van der Waals surface area contributed by atoms with Crippen molar-refractivity contribution < 1.29 is 0 Å². The van der Waals surface area contributed by atoms with Crippen LogP contribution in [0.1, 0.15) is 18.4 Å². The molecule has 2 nitrogen and oxygen atoms in total. The van der Waals surface area contributed by atoms with Crippen LogP contribution in [0.5, 0.6) is 0 Å². The number of rotatable bonds is 4. The quantitative estimate of drug-likeness (QED) is 0.833. The van der Waals surface area contributed by atoms with Crippen molar-refractivity contribution >= 4 is 0 Å². The van der Waals surface area contributed by atoms with Crippen LogP contribution < -0.4 is 5.32 Å². The Bertz CT molecular complexity index is 289. The van der Waals surface area contributed by atoms with E-state index in [1.807, 2.05) is 7.05 Å². The lowest BCUT2D eigenvalue weighted by Crippen LogP contribution is -2.39. The molecule has 0 atom stereocenters. The lowest BCUT2D eigenvalue weighted by atomic mass is 9.90. The summed E-state index contributed by atoms with van der Waals surface area (Å²) in [5, 5.41) is 3.23. The van der Waals surface area contributed by atoms with Crippen molar-refractivity contribution in [1.82, 2.24) is 10.2 Å². The Balaban J connectivity index is 1.77. The molecule has 0 unspecified atom stereocenters. The van der Waals surface area contributed by atoms with E-state index < -0.39 is 0 Å². The van der Waals surface area contributed by atoms with Gasteiger partial charge >= 0.3 is 0 Å². The average molecular weight is 218 g/mol. The standard InChI is InChI=1S/C14H22N2/c1-15-12-16-9-7-14(8-10-16)11-13-5-3-2-4-6-13/h2-6,14-15H,7-12H2,1H3. The maximum Gasteiger partial charge on any atom is 0.0477 e. The van der Waals surface area contributed by atoms with Gasteiger partial charge in [-0.25, -0.2) is 0 Å². The summed E-state index contributed by atoms with van der Waals surface area (Å²) < 4.78 is 0. The van der Waals surface area contributed by atoms with Gasteiger partial charge in [0.2, 0.25) is 0 Å².